The molecule has 0 amide bonds. The van der Waals surface area contributed by atoms with E-state index in [0.717, 1.165) is 49.4 Å². The van der Waals surface area contributed by atoms with Gasteiger partial charge in [-0.05, 0) is 32.1 Å². The second-order valence-electron chi connectivity index (χ2n) is 5.25. The third-order valence-corrected chi connectivity index (χ3v) is 3.49. The average molecular weight is 248 g/mol. The lowest BCUT2D eigenvalue weighted by molar-refractivity contribution is 0.436. The molecule has 1 aromatic heterocycles. The molecule has 0 aliphatic carbocycles. The van der Waals surface area contributed by atoms with Crippen LogP contribution in [0.5, 0.6) is 0 Å². The molecule has 0 spiro atoms. The van der Waals surface area contributed by atoms with Crippen LogP contribution in [0.4, 0.5) is 11.6 Å². The van der Waals surface area contributed by atoms with Gasteiger partial charge in [-0.2, -0.15) is 0 Å². The summed E-state index contributed by atoms with van der Waals surface area (Å²) in [6.07, 6.45) is 3.64. The fourth-order valence-corrected chi connectivity index (χ4v) is 2.30. The topological polar surface area (TPSA) is 41.0 Å². The molecule has 18 heavy (non-hydrogen) atoms. The van der Waals surface area contributed by atoms with Gasteiger partial charge in [-0.25, -0.2) is 9.97 Å². The van der Waals surface area contributed by atoms with E-state index < -0.39 is 0 Å². The van der Waals surface area contributed by atoms with E-state index in [2.05, 4.69) is 40.1 Å². The lowest BCUT2D eigenvalue weighted by atomic mass is 9.99. The molecule has 1 fully saturated rings. The second kappa shape index (κ2) is 6.03. The first-order chi connectivity index (χ1) is 8.69. The average Bonchev–Trinajstić information content (AvgIpc) is 2.36. The summed E-state index contributed by atoms with van der Waals surface area (Å²) in [5, 5.41) is 3.35. The Morgan fingerprint density at radius 2 is 2.06 bits per heavy atom. The van der Waals surface area contributed by atoms with E-state index in [1.165, 1.54) is 12.8 Å². The van der Waals surface area contributed by atoms with E-state index in [1.807, 2.05) is 6.92 Å². The van der Waals surface area contributed by atoms with Crippen molar-refractivity contribution in [1.29, 1.82) is 0 Å². The maximum absolute atomic E-state index is 4.57. The first kappa shape index (κ1) is 13.1. The number of rotatable bonds is 4. The lowest BCUT2D eigenvalue weighted by Crippen LogP contribution is -2.33. The highest BCUT2D eigenvalue weighted by molar-refractivity contribution is 5.49. The minimum atomic E-state index is 0.849. The quantitative estimate of drug-likeness (QED) is 0.889. The van der Waals surface area contributed by atoms with Crippen LogP contribution in [0.3, 0.4) is 0 Å². The number of nitrogens with one attached hydrogen (secondary N) is 1. The molecule has 0 aromatic carbocycles. The molecule has 1 aliphatic heterocycles. The maximum Gasteiger partial charge on any atom is 0.134 e. The van der Waals surface area contributed by atoms with Gasteiger partial charge in [0, 0.05) is 25.7 Å². The molecule has 0 bridgehead atoms. The molecular weight excluding hydrogens is 224 g/mol. The smallest absolute Gasteiger partial charge is 0.134 e. The largest absolute Gasteiger partial charge is 0.370 e. The first-order valence-corrected chi connectivity index (χ1v) is 7.03. The minimum absolute atomic E-state index is 0.849. The molecule has 0 unspecified atom stereocenters. The lowest BCUT2D eigenvalue weighted by Gasteiger charge is -2.31. The van der Waals surface area contributed by atoms with Crippen LogP contribution in [-0.2, 0) is 0 Å². The van der Waals surface area contributed by atoms with E-state index in [0.29, 0.717) is 0 Å². The molecule has 2 heterocycles. The van der Waals surface area contributed by atoms with Crippen molar-refractivity contribution >= 4 is 11.6 Å². The monoisotopic (exact) mass is 248 g/mol. The van der Waals surface area contributed by atoms with E-state index in [1.54, 1.807) is 0 Å². The summed E-state index contributed by atoms with van der Waals surface area (Å²) in [6, 6.07) is 2.08. The molecule has 1 saturated heterocycles. The summed E-state index contributed by atoms with van der Waals surface area (Å²) in [4.78, 5) is 11.4. The summed E-state index contributed by atoms with van der Waals surface area (Å²) in [7, 11) is 0. The molecule has 100 valence electrons. The van der Waals surface area contributed by atoms with Crippen molar-refractivity contribution < 1.29 is 0 Å². The minimum Gasteiger partial charge on any atom is -0.370 e. The zero-order chi connectivity index (χ0) is 13.0. The Hall–Kier alpha value is -1.32. The molecule has 4 heteroatoms. The van der Waals surface area contributed by atoms with Gasteiger partial charge >= 0.3 is 0 Å². The zero-order valence-corrected chi connectivity index (χ0v) is 11.7. The second-order valence-corrected chi connectivity index (χ2v) is 5.25. The molecule has 4 nitrogen and oxygen atoms in total. The first-order valence-electron chi connectivity index (χ1n) is 7.03. The zero-order valence-electron chi connectivity index (χ0n) is 11.7. The van der Waals surface area contributed by atoms with Gasteiger partial charge in [0.2, 0.25) is 0 Å². The summed E-state index contributed by atoms with van der Waals surface area (Å²) >= 11 is 0. The highest BCUT2D eigenvalue weighted by Gasteiger charge is 2.17. The molecule has 1 aromatic rings. The van der Waals surface area contributed by atoms with Gasteiger partial charge in [-0.15, -0.1) is 0 Å². The molecule has 0 saturated carbocycles. The van der Waals surface area contributed by atoms with Crippen LogP contribution in [0, 0.1) is 12.8 Å². The van der Waals surface area contributed by atoms with Crippen LogP contribution < -0.4 is 10.2 Å². The molecule has 0 atom stereocenters. The fourth-order valence-electron chi connectivity index (χ4n) is 2.30. The number of hydrogen-bond acceptors (Lipinski definition) is 4. The van der Waals surface area contributed by atoms with Crippen molar-refractivity contribution in [1.82, 2.24) is 9.97 Å². The predicted octanol–water partition coefficient (Wildman–Crippen LogP) is 2.84. The predicted molar refractivity (Wildman–Crippen MR) is 76.2 cm³/mol. The third-order valence-electron chi connectivity index (χ3n) is 3.49. The highest BCUT2D eigenvalue weighted by atomic mass is 15.2. The maximum atomic E-state index is 4.57. The molecule has 0 radical (unpaired) electrons. The van der Waals surface area contributed by atoms with Crippen molar-refractivity contribution in [3.63, 3.8) is 0 Å². The number of nitrogens with zero attached hydrogens (tertiary/aromatic N) is 3. The van der Waals surface area contributed by atoms with Crippen molar-refractivity contribution in [3.8, 4) is 0 Å². The van der Waals surface area contributed by atoms with Gasteiger partial charge in [0.25, 0.3) is 0 Å². The SMILES string of the molecule is CCCNc1cc(N2CCC(C)CC2)nc(C)n1. The Balaban J connectivity index is 2.09. The summed E-state index contributed by atoms with van der Waals surface area (Å²) < 4.78 is 0. The van der Waals surface area contributed by atoms with Crippen molar-refractivity contribution in [3.05, 3.63) is 11.9 Å². The van der Waals surface area contributed by atoms with Crippen molar-refractivity contribution in [2.75, 3.05) is 29.9 Å². The van der Waals surface area contributed by atoms with Crippen LogP contribution in [0.2, 0.25) is 0 Å². The number of aromatic nitrogens is 2. The van der Waals surface area contributed by atoms with Crippen LogP contribution in [-0.4, -0.2) is 29.6 Å². The molecule has 1 N–H and O–H groups in total. The number of hydrogen-bond donors (Lipinski definition) is 1. The Morgan fingerprint density at radius 1 is 1.33 bits per heavy atom. The van der Waals surface area contributed by atoms with Crippen molar-refractivity contribution in [2.45, 2.75) is 40.0 Å². The van der Waals surface area contributed by atoms with Gasteiger partial charge in [0.05, 0.1) is 0 Å². The highest BCUT2D eigenvalue weighted by Crippen LogP contribution is 2.23. The fraction of sp³-hybridized carbons (Fsp3) is 0.714. The number of piperidine rings is 1. The van der Waals surface area contributed by atoms with Crippen molar-refractivity contribution in [2.24, 2.45) is 5.92 Å². The molecule has 2 rings (SSSR count). The molecular formula is C14H24N4. The standard InChI is InChI=1S/C14H24N4/c1-4-7-15-13-10-14(17-12(3)16-13)18-8-5-11(2)6-9-18/h10-11H,4-9H2,1-3H3,(H,15,16,17). The van der Waals surface area contributed by atoms with Gasteiger partial charge < -0.3 is 10.2 Å². The van der Waals surface area contributed by atoms with E-state index in [9.17, 15) is 0 Å². The summed E-state index contributed by atoms with van der Waals surface area (Å²) in [5.74, 6) is 3.73. The van der Waals surface area contributed by atoms with E-state index in [-0.39, 0.29) is 0 Å². The van der Waals surface area contributed by atoms with Crippen LogP contribution >= 0.6 is 0 Å². The third kappa shape index (κ3) is 3.34. The van der Waals surface area contributed by atoms with Crippen LogP contribution in [0.1, 0.15) is 38.9 Å². The Labute approximate surface area is 110 Å². The number of aryl methyl sites for hydroxylation is 1. The van der Waals surface area contributed by atoms with Gasteiger partial charge in [-0.1, -0.05) is 13.8 Å². The van der Waals surface area contributed by atoms with E-state index >= 15 is 0 Å². The van der Waals surface area contributed by atoms with E-state index in [4.69, 9.17) is 0 Å². The summed E-state index contributed by atoms with van der Waals surface area (Å²) in [6.45, 7) is 9.65. The van der Waals surface area contributed by atoms with Gasteiger partial charge in [0.15, 0.2) is 0 Å². The van der Waals surface area contributed by atoms with Crippen LogP contribution in [0.15, 0.2) is 6.07 Å². The normalized spacial score (nSPS) is 16.9. The van der Waals surface area contributed by atoms with Gasteiger partial charge in [0.1, 0.15) is 17.5 Å². The molecule has 1 aliphatic rings. The van der Waals surface area contributed by atoms with Gasteiger partial charge in [-0.3, -0.25) is 0 Å². The Morgan fingerprint density at radius 3 is 2.72 bits per heavy atom. The Kier molecular flexibility index (Phi) is 4.39. The number of anilines is 2. The Bertz CT molecular complexity index is 383. The summed E-state index contributed by atoms with van der Waals surface area (Å²) in [5.41, 5.74) is 0. The van der Waals surface area contributed by atoms with Crippen LogP contribution in [0.25, 0.3) is 0 Å².